The van der Waals surface area contributed by atoms with Gasteiger partial charge in [0.2, 0.25) is 5.88 Å². The zero-order valence-electron chi connectivity index (χ0n) is 9.96. The standard InChI is InChI=1S/C14H13NO3/c1-18-14-13(9-17)6-12(7-15-14)11-4-2-10(8-16)3-5-11/h2-8,17H,9H2,1H3. The number of hydrogen-bond acceptors (Lipinski definition) is 4. The van der Waals surface area contributed by atoms with E-state index < -0.39 is 0 Å². The number of rotatable bonds is 4. The lowest BCUT2D eigenvalue weighted by atomic mass is 10.0. The maximum atomic E-state index is 10.6. The number of carbonyl (C=O) groups is 1. The highest BCUT2D eigenvalue weighted by Gasteiger charge is 2.06. The van der Waals surface area contributed by atoms with Crippen molar-refractivity contribution in [2.24, 2.45) is 0 Å². The predicted octanol–water partition coefficient (Wildman–Crippen LogP) is 2.06. The summed E-state index contributed by atoms with van der Waals surface area (Å²) < 4.78 is 5.05. The van der Waals surface area contributed by atoms with Gasteiger partial charge in [-0.25, -0.2) is 4.98 Å². The Morgan fingerprint density at radius 2 is 2.00 bits per heavy atom. The second-order valence-electron chi connectivity index (χ2n) is 3.79. The molecule has 0 unspecified atom stereocenters. The molecule has 2 rings (SSSR count). The molecule has 2 aromatic rings. The van der Waals surface area contributed by atoms with E-state index in [1.54, 1.807) is 18.3 Å². The minimum atomic E-state index is -0.129. The van der Waals surface area contributed by atoms with E-state index in [9.17, 15) is 9.90 Å². The summed E-state index contributed by atoms with van der Waals surface area (Å²) in [5.41, 5.74) is 3.07. The summed E-state index contributed by atoms with van der Waals surface area (Å²) in [6.45, 7) is -0.129. The summed E-state index contributed by atoms with van der Waals surface area (Å²) in [7, 11) is 1.51. The third-order valence-corrected chi connectivity index (χ3v) is 2.67. The van der Waals surface area contributed by atoms with Crippen LogP contribution < -0.4 is 4.74 Å². The first-order valence-corrected chi connectivity index (χ1v) is 5.48. The van der Waals surface area contributed by atoms with Gasteiger partial charge in [0.25, 0.3) is 0 Å². The van der Waals surface area contributed by atoms with Gasteiger partial charge in [-0.3, -0.25) is 4.79 Å². The molecule has 0 saturated heterocycles. The Hall–Kier alpha value is -2.20. The van der Waals surface area contributed by atoms with Crippen LogP contribution in [0.1, 0.15) is 15.9 Å². The molecule has 0 atom stereocenters. The van der Waals surface area contributed by atoms with Crippen LogP contribution in [0.4, 0.5) is 0 Å². The smallest absolute Gasteiger partial charge is 0.218 e. The number of aromatic nitrogens is 1. The van der Waals surface area contributed by atoms with Crippen molar-refractivity contribution in [1.82, 2.24) is 4.98 Å². The molecule has 1 aromatic heterocycles. The van der Waals surface area contributed by atoms with Crippen molar-refractivity contribution in [2.75, 3.05) is 7.11 Å². The predicted molar refractivity (Wildman–Crippen MR) is 67.5 cm³/mol. The summed E-state index contributed by atoms with van der Waals surface area (Å²) >= 11 is 0. The first-order valence-electron chi connectivity index (χ1n) is 5.48. The number of aldehydes is 1. The molecule has 4 heteroatoms. The van der Waals surface area contributed by atoms with Gasteiger partial charge in [-0.1, -0.05) is 24.3 Å². The fourth-order valence-electron chi connectivity index (χ4n) is 1.71. The molecule has 18 heavy (non-hydrogen) atoms. The number of nitrogens with zero attached hydrogens (tertiary/aromatic N) is 1. The van der Waals surface area contributed by atoms with E-state index in [-0.39, 0.29) is 6.61 Å². The quantitative estimate of drug-likeness (QED) is 0.835. The lowest BCUT2D eigenvalue weighted by molar-refractivity contribution is 0.112. The van der Waals surface area contributed by atoms with Crippen molar-refractivity contribution < 1.29 is 14.6 Å². The van der Waals surface area contributed by atoms with Crippen molar-refractivity contribution in [1.29, 1.82) is 0 Å². The van der Waals surface area contributed by atoms with E-state index in [1.807, 2.05) is 18.2 Å². The average molecular weight is 243 g/mol. The van der Waals surface area contributed by atoms with Gasteiger partial charge >= 0.3 is 0 Å². The molecule has 92 valence electrons. The van der Waals surface area contributed by atoms with Crippen LogP contribution in [0, 0.1) is 0 Å². The van der Waals surface area contributed by atoms with E-state index in [4.69, 9.17) is 4.74 Å². The van der Waals surface area contributed by atoms with Crippen LogP contribution in [-0.4, -0.2) is 23.5 Å². The van der Waals surface area contributed by atoms with Gasteiger partial charge in [0.1, 0.15) is 6.29 Å². The van der Waals surface area contributed by atoms with Crippen molar-refractivity contribution in [3.63, 3.8) is 0 Å². The fourth-order valence-corrected chi connectivity index (χ4v) is 1.71. The van der Waals surface area contributed by atoms with Crippen molar-refractivity contribution in [2.45, 2.75) is 6.61 Å². The molecule has 0 bridgehead atoms. The number of hydrogen-bond donors (Lipinski definition) is 1. The fraction of sp³-hybridized carbons (Fsp3) is 0.143. The number of aliphatic hydroxyl groups is 1. The minimum Gasteiger partial charge on any atom is -0.481 e. The summed E-state index contributed by atoms with van der Waals surface area (Å²) in [5.74, 6) is 0.422. The lowest BCUT2D eigenvalue weighted by Crippen LogP contribution is -1.95. The van der Waals surface area contributed by atoms with E-state index in [0.29, 0.717) is 17.0 Å². The molecule has 1 aromatic carbocycles. The van der Waals surface area contributed by atoms with Crippen LogP contribution in [0.2, 0.25) is 0 Å². The molecule has 0 aliphatic carbocycles. The highest BCUT2D eigenvalue weighted by molar-refractivity contribution is 5.76. The Labute approximate surface area is 105 Å². The normalized spacial score (nSPS) is 10.1. The molecule has 0 fully saturated rings. The SMILES string of the molecule is COc1ncc(-c2ccc(C=O)cc2)cc1CO. The zero-order valence-corrected chi connectivity index (χ0v) is 9.96. The number of ether oxygens (including phenoxy) is 1. The third kappa shape index (κ3) is 2.38. The molecular formula is C14H13NO3. The first kappa shape index (κ1) is 12.3. The number of methoxy groups -OCH3 is 1. The van der Waals surface area contributed by atoms with Crippen LogP contribution in [0.3, 0.4) is 0 Å². The second kappa shape index (κ2) is 5.42. The third-order valence-electron chi connectivity index (χ3n) is 2.67. The highest BCUT2D eigenvalue weighted by Crippen LogP contribution is 2.24. The van der Waals surface area contributed by atoms with Crippen LogP contribution in [0.5, 0.6) is 5.88 Å². The molecular weight excluding hydrogens is 230 g/mol. The molecule has 0 saturated carbocycles. The Balaban J connectivity index is 2.40. The van der Waals surface area contributed by atoms with Gasteiger partial charge in [-0.05, 0) is 11.6 Å². The Bertz CT molecular complexity index is 549. The number of benzene rings is 1. The summed E-state index contributed by atoms with van der Waals surface area (Å²) in [6.07, 6.45) is 2.48. The molecule has 0 amide bonds. The average Bonchev–Trinajstić information content (AvgIpc) is 2.46. The Morgan fingerprint density at radius 1 is 1.28 bits per heavy atom. The van der Waals surface area contributed by atoms with Crippen molar-refractivity contribution >= 4 is 6.29 Å². The Kier molecular flexibility index (Phi) is 3.69. The van der Waals surface area contributed by atoms with Gasteiger partial charge in [0, 0.05) is 22.9 Å². The molecule has 4 nitrogen and oxygen atoms in total. The molecule has 0 aliphatic rings. The monoisotopic (exact) mass is 243 g/mol. The molecule has 0 spiro atoms. The van der Waals surface area contributed by atoms with Crippen molar-refractivity contribution in [3.8, 4) is 17.0 Å². The maximum Gasteiger partial charge on any atom is 0.218 e. The molecule has 0 radical (unpaired) electrons. The first-order chi connectivity index (χ1) is 8.78. The summed E-state index contributed by atoms with van der Waals surface area (Å²) in [6, 6.07) is 8.99. The highest BCUT2D eigenvalue weighted by atomic mass is 16.5. The zero-order chi connectivity index (χ0) is 13.0. The molecule has 1 heterocycles. The van der Waals surface area contributed by atoms with Crippen LogP contribution in [-0.2, 0) is 6.61 Å². The van der Waals surface area contributed by atoms with E-state index in [0.717, 1.165) is 17.4 Å². The van der Waals surface area contributed by atoms with Crippen LogP contribution >= 0.6 is 0 Å². The number of pyridine rings is 1. The van der Waals surface area contributed by atoms with Gasteiger partial charge in [0.05, 0.1) is 13.7 Å². The lowest BCUT2D eigenvalue weighted by Gasteiger charge is -2.08. The molecule has 0 aliphatic heterocycles. The number of carbonyl (C=O) groups excluding carboxylic acids is 1. The van der Waals surface area contributed by atoms with Gasteiger partial charge in [0.15, 0.2) is 0 Å². The Morgan fingerprint density at radius 3 is 2.56 bits per heavy atom. The van der Waals surface area contributed by atoms with Gasteiger partial charge in [-0.15, -0.1) is 0 Å². The minimum absolute atomic E-state index is 0.129. The largest absolute Gasteiger partial charge is 0.481 e. The van der Waals surface area contributed by atoms with E-state index >= 15 is 0 Å². The topological polar surface area (TPSA) is 59.4 Å². The van der Waals surface area contributed by atoms with Crippen LogP contribution in [0.15, 0.2) is 36.5 Å². The van der Waals surface area contributed by atoms with E-state index in [1.165, 1.54) is 7.11 Å². The number of aliphatic hydroxyl groups excluding tert-OH is 1. The second-order valence-corrected chi connectivity index (χ2v) is 3.79. The molecule has 1 N–H and O–H groups in total. The van der Waals surface area contributed by atoms with Crippen LogP contribution in [0.25, 0.3) is 11.1 Å². The van der Waals surface area contributed by atoms with Crippen molar-refractivity contribution in [3.05, 3.63) is 47.7 Å². The summed E-state index contributed by atoms with van der Waals surface area (Å²) in [5, 5.41) is 9.24. The van der Waals surface area contributed by atoms with Gasteiger partial charge < -0.3 is 9.84 Å². The van der Waals surface area contributed by atoms with Gasteiger partial charge in [-0.2, -0.15) is 0 Å². The summed E-state index contributed by atoms with van der Waals surface area (Å²) in [4.78, 5) is 14.7. The van der Waals surface area contributed by atoms with E-state index in [2.05, 4.69) is 4.98 Å². The maximum absolute atomic E-state index is 10.6.